The number of carboxylic acids is 1. The highest BCUT2D eigenvalue weighted by Gasteiger charge is 2.51. The van der Waals surface area contributed by atoms with E-state index >= 15 is 0 Å². The largest absolute Gasteiger partial charge is 0.481 e. The number of hydrogen-bond donors (Lipinski definition) is 3. The first-order valence-electron chi connectivity index (χ1n) is 6.34. The molecule has 4 unspecified atom stereocenters. The predicted molar refractivity (Wildman–Crippen MR) is 64.0 cm³/mol. The van der Waals surface area contributed by atoms with E-state index in [1.54, 1.807) is 18.3 Å². The lowest BCUT2D eigenvalue weighted by Gasteiger charge is -2.28. The molecule has 3 rings (SSSR count). The Hall–Kier alpha value is -1.78. The lowest BCUT2D eigenvalue weighted by atomic mass is 9.84. The Labute approximate surface area is 105 Å². The first-order chi connectivity index (χ1) is 8.66. The van der Waals surface area contributed by atoms with Crippen molar-refractivity contribution in [1.82, 2.24) is 10.3 Å². The molecule has 0 spiro atoms. The van der Waals surface area contributed by atoms with Gasteiger partial charge in [-0.1, -0.05) is 0 Å². The van der Waals surface area contributed by atoms with Gasteiger partial charge in [-0.15, -0.1) is 0 Å². The normalized spacial score (nSPS) is 33.6. The highest BCUT2D eigenvalue weighted by Crippen LogP contribution is 2.48. The van der Waals surface area contributed by atoms with Crippen LogP contribution in [0.3, 0.4) is 0 Å². The van der Waals surface area contributed by atoms with Crippen LogP contribution in [0.5, 0.6) is 0 Å². The standard InChI is InChI=1S/C13H16N2O3/c16-12(9-2-1-5-14-9)15-11-8-4-3-7(6-8)10(11)13(17)18/h1-2,5,7-8,10-11,14H,3-4,6H2,(H,15,16)(H,17,18). The van der Waals surface area contributed by atoms with Gasteiger partial charge in [0.15, 0.2) is 0 Å². The molecule has 1 amide bonds. The van der Waals surface area contributed by atoms with Crippen molar-refractivity contribution < 1.29 is 14.7 Å². The summed E-state index contributed by atoms with van der Waals surface area (Å²) in [6.07, 6.45) is 4.64. The van der Waals surface area contributed by atoms with Crippen LogP contribution in [0.25, 0.3) is 0 Å². The third kappa shape index (κ3) is 1.70. The van der Waals surface area contributed by atoms with Crippen LogP contribution >= 0.6 is 0 Å². The van der Waals surface area contributed by atoms with Gasteiger partial charge >= 0.3 is 5.97 Å². The number of aromatic nitrogens is 1. The number of H-pyrrole nitrogens is 1. The fourth-order valence-electron chi connectivity index (χ4n) is 3.56. The van der Waals surface area contributed by atoms with E-state index in [4.69, 9.17) is 0 Å². The van der Waals surface area contributed by atoms with Crippen LogP contribution in [0.15, 0.2) is 18.3 Å². The zero-order valence-electron chi connectivity index (χ0n) is 9.93. The number of amides is 1. The fraction of sp³-hybridized carbons (Fsp3) is 0.538. The highest BCUT2D eigenvalue weighted by atomic mass is 16.4. The first-order valence-corrected chi connectivity index (χ1v) is 6.34. The summed E-state index contributed by atoms with van der Waals surface area (Å²) in [5.41, 5.74) is 0.488. The van der Waals surface area contributed by atoms with Gasteiger partial charge in [0.05, 0.1) is 5.92 Å². The van der Waals surface area contributed by atoms with E-state index in [-0.39, 0.29) is 17.9 Å². The minimum Gasteiger partial charge on any atom is -0.481 e. The van der Waals surface area contributed by atoms with Gasteiger partial charge in [-0.05, 0) is 43.2 Å². The number of hydrogen-bond acceptors (Lipinski definition) is 2. The topological polar surface area (TPSA) is 82.2 Å². The predicted octanol–water partition coefficient (Wildman–Crippen LogP) is 1.24. The fourth-order valence-corrected chi connectivity index (χ4v) is 3.56. The Balaban J connectivity index is 1.75. The van der Waals surface area contributed by atoms with Crippen molar-refractivity contribution in [2.45, 2.75) is 25.3 Å². The summed E-state index contributed by atoms with van der Waals surface area (Å²) in [6.45, 7) is 0. The third-order valence-electron chi connectivity index (χ3n) is 4.34. The Morgan fingerprint density at radius 1 is 1.33 bits per heavy atom. The Kier molecular flexibility index (Phi) is 2.61. The van der Waals surface area contributed by atoms with Crippen LogP contribution in [-0.2, 0) is 4.79 Å². The van der Waals surface area contributed by atoms with Crippen LogP contribution in [0.4, 0.5) is 0 Å². The summed E-state index contributed by atoms with van der Waals surface area (Å²) in [4.78, 5) is 26.1. The Morgan fingerprint density at radius 2 is 2.11 bits per heavy atom. The molecule has 2 aliphatic rings. The molecule has 96 valence electrons. The van der Waals surface area contributed by atoms with Crippen LogP contribution in [0, 0.1) is 17.8 Å². The van der Waals surface area contributed by atoms with Gasteiger partial charge in [-0.2, -0.15) is 0 Å². The Bertz CT molecular complexity index is 469. The van der Waals surface area contributed by atoms with Crippen molar-refractivity contribution in [3.8, 4) is 0 Å². The minimum atomic E-state index is -0.779. The van der Waals surface area contributed by atoms with Crippen LogP contribution in [-0.4, -0.2) is 28.0 Å². The number of carboxylic acid groups (broad SMARTS) is 1. The summed E-state index contributed by atoms with van der Waals surface area (Å²) in [5, 5.41) is 12.2. The zero-order chi connectivity index (χ0) is 12.7. The minimum absolute atomic E-state index is 0.205. The second-order valence-corrected chi connectivity index (χ2v) is 5.28. The van der Waals surface area contributed by atoms with Gasteiger partial charge in [0.25, 0.3) is 5.91 Å². The molecule has 2 fully saturated rings. The summed E-state index contributed by atoms with van der Waals surface area (Å²) in [6, 6.07) is 3.24. The molecule has 0 saturated heterocycles. The molecule has 0 aromatic carbocycles. The van der Waals surface area contributed by atoms with E-state index in [9.17, 15) is 14.7 Å². The van der Waals surface area contributed by atoms with Gasteiger partial charge in [-0.3, -0.25) is 9.59 Å². The highest BCUT2D eigenvalue weighted by molar-refractivity contribution is 5.93. The molecule has 0 aliphatic heterocycles. The van der Waals surface area contributed by atoms with Gasteiger partial charge in [0.2, 0.25) is 0 Å². The SMILES string of the molecule is O=C(NC1C2CCC(C2)C1C(=O)O)c1ccc[nH]1. The second-order valence-electron chi connectivity index (χ2n) is 5.28. The zero-order valence-corrected chi connectivity index (χ0v) is 9.93. The van der Waals surface area contributed by atoms with Crippen LogP contribution in [0.2, 0.25) is 0 Å². The molecule has 3 N–H and O–H groups in total. The smallest absolute Gasteiger partial charge is 0.308 e. The lowest BCUT2D eigenvalue weighted by Crippen LogP contribution is -2.46. The van der Waals surface area contributed by atoms with E-state index in [2.05, 4.69) is 10.3 Å². The van der Waals surface area contributed by atoms with Gasteiger partial charge < -0.3 is 15.4 Å². The molecule has 2 bridgehead atoms. The number of aromatic amines is 1. The van der Waals surface area contributed by atoms with Gasteiger partial charge in [0.1, 0.15) is 5.69 Å². The van der Waals surface area contributed by atoms with E-state index in [0.717, 1.165) is 19.3 Å². The summed E-state index contributed by atoms with van der Waals surface area (Å²) in [7, 11) is 0. The molecule has 4 atom stereocenters. The second kappa shape index (κ2) is 4.15. The summed E-state index contributed by atoms with van der Waals surface area (Å²) in [5.74, 6) is -0.832. The van der Waals surface area contributed by atoms with E-state index in [1.165, 1.54) is 0 Å². The average Bonchev–Trinajstić information content (AvgIpc) is 3.05. The third-order valence-corrected chi connectivity index (χ3v) is 4.34. The first kappa shape index (κ1) is 11.3. The van der Waals surface area contributed by atoms with Crippen molar-refractivity contribution in [2.75, 3.05) is 0 Å². The van der Waals surface area contributed by atoms with E-state index in [1.807, 2.05) is 0 Å². The number of aliphatic carboxylic acids is 1. The molecule has 2 aliphatic carbocycles. The Morgan fingerprint density at radius 3 is 2.78 bits per heavy atom. The van der Waals surface area contributed by atoms with Gasteiger partial charge in [0, 0.05) is 12.2 Å². The molecule has 0 radical (unpaired) electrons. The molecule has 2 saturated carbocycles. The summed E-state index contributed by atoms with van der Waals surface area (Å²) >= 11 is 0. The van der Waals surface area contributed by atoms with Crippen LogP contribution < -0.4 is 5.32 Å². The van der Waals surface area contributed by atoms with Gasteiger partial charge in [-0.25, -0.2) is 0 Å². The summed E-state index contributed by atoms with van der Waals surface area (Å²) < 4.78 is 0. The lowest BCUT2D eigenvalue weighted by molar-refractivity contribution is -0.144. The monoisotopic (exact) mass is 248 g/mol. The quantitative estimate of drug-likeness (QED) is 0.752. The maximum atomic E-state index is 12.0. The number of fused-ring (bicyclic) bond motifs is 2. The number of rotatable bonds is 3. The number of carbonyl (C=O) groups is 2. The molecular weight excluding hydrogens is 232 g/mol. The molecule has 5 nitrogen and oxygen atoms in total. The maximum absolute atomic E-state index is 12.0. The molecule has 18 heavy (non-hydrogen) atoms. The molecule has 5 heteroatoms. The van der Waals surface area contributed by atoms with Crippen molar-refractivity contribution >= 4 is 11.9 Å². The number of nitrogens with one attached hydrogen (secondary N) is 2. The van der Waals surface area contributed by atoms with Crippen LogP contribution in [0.1, 0.15) is 29.8 Å². The molecular formula is C13H16N2O3. The van der Waals surface area contributed by atoms with E-state index < -0.39 is 11.9 Å². The van der Waals surface area contributed by atoms with Crippen molar-refractivity contribution in [3.05, 3.63) is 24.0 Å². The van der Waals surface area contributed by atoms with Crippen molar-refractivity contribution in [2.24, 2.45) is 17.8 Å². The maximum Gasteiger partial charge on any atom is 0.308 e. The number of carbonyl (C=O) groups excluding carboxylic acids is 1. The molecule has 1 heterocycles. The average molecular weight is 248 g/mol. The van der Waals surface area contributed by atoms with E-state index in [0.29, 0.717) is 11.6 Å². The van der Waals surface area contributed by atoms with Crippen molar-refractivity contribution in [1.29, 1.82) is 0 Å². The molecule has 1 aromatic rings. The molecule has 1 aromatic heterocycles. The van der Waals surface area contributed by atoms with Crippen molar-refractivity contribution in [3.63, 3.8) is 0 Å².